The number of aliphatic carboxylic acids is 1. The van der Waals surface area contributed by atoms with Crippen molar-refractivity contribution < 1.29 is 14.7 Å². The fraction of sp³-hybridized carbons (Fsp3) is 0.333. The number of nitrogens with zero attached hydrogens (tertiary/aromatic N) is 1. The number of carbonyl (C=O) groups excluding carboxylic acids is 1. The highest BCUT2D eigenvalue weighted by molar-refractivity contribution is 5.97. The molecule has 0 aromatic heterocycles. The van der Waals surface area contributed by atoms with Crippen LogP contribution in [0.25, 0.3) is 0 Å². The van der Waals surface area contributed by atoms with E-state index in [1.165, 1.54) is 18.1 Å². The predicted molar refractivity (Wildman–Crippen MR) is 33.1 cm³/mol. The van der Waals surface area contributed by atoms with Crippen LogP contribution in [-0.2, 0) is 9.59 Å². The Morgan fingerprint density at radius 2 is 2.40 bits per heavy atom. The Morgan fingerprint density at radius 3 is 2.60 bits per heavy atom. The highest BCUT2D eigenvalue weighted by atomic mass is 16.4. The first-order valence-electron chi connectivity index (χ1n) is 2.81. The number of carboxylic acids is 1. The van der Waals surface area contributed by atoms with Crippen LogP contribution in [0.2, 0.25) is 0 Å². The summed E-state index contributed by atoms with van der Waals surface area (Å²) in [6.45, 7) is 0. The highest BCUT2D eigenvalue weighted by Crippen LogP contribution is 2.13. The topological polar surface area (TPSA) is 57.6 Å². The second kappa shape index (κ2) is 2.13. The van der Waals surface area contributed by atoms with E-state index in [0.717, 1.165) is 0 Å². The Labute approximate surface area is 57.7 Å². The number of rotatable bonds is 1. The van der Waals surface area contributed by atoms with E-state index in [1.807, 2.05) is 0 Å². The molecule has 0 saturated heterocycles. The molecule has 4 heteroatoms. The van der Waals surface area contributed by atoms with E-state index < -0.39 is 5.97 Å². The molecule has 0 aliphatic carbocycles. The van der Waals surface area contributed by atoms with Crippen molar-refractivity contribution in [3.05, 3.63) is 11.8 Å². The molecule has 0 unspecified atom stereocenters. The molecule has 0 spiro atoms. The molecular formula is C6H7NO3. The van der Waals surface area contributed by atoms with Gasteiger partial charge in [0.15, 0.2) is 0 Å². The molecule has 0 atom stereocenters. The van der Waals surface area contributed by atoms with E-state index in [2.05, 4.69) is 0 Å². The molecule has 1 amide bonds. The molecule has 1 N–H and O–H groups in total. The summed E-state index contributed by atoms with van der Waals surface area (Å²) in [5.74, 6) is -1.19. The molecule has 0 aromatic rings. The summed E-state index contributed by atoms with van der Waals surface area (Å²) in [7, 11) is 1.54. The van der Waals surface area contributed by atoms with Crippen molar-refractivity contribution in [2.24, 2.45) is 0 Å². The Morgan fingerprint density at radius 1 is 1.80 bits per heavy atom. The minimum Gasteiger partial charge on any atom is -0.478 e. The van der Waals surface area contributed by atoms with Gasteiger partial charge in [-0.2, -0.15) is 0 Å². The first-order valence-corrected chi connectivity index (χ1v) is 2.81. The van der Waals surface area contributed by atoms with Gasteiger partial charge >= 0.3 is 5.97 Å². The van der Waals surface area contributed by atoms with Crippen LogP contribution in [0, 0.1) is 0 Å². The van der Waals surface area contributed by atoms with Crippen molar-refractivity contribution in [2.75, 3.05) is 7.05 Å². The van der Waals surface area contributed by atoms with Gasteiger partial charge in [-0.15, -0.1) is 0 Å². The molecule has 1 aliphatic heterocycles. The number of hydrogen-bond donors (Lipinski definition) is 1. The molecule has 4 nitrogen and oxygen atoms in total. The fourth-order valence-electron chi connectivity index (χ4n) is 0.770. The molecule has 1 heterocycles. The van der Waals surface area contributed by atoms with Gasteiger partial charge in [-0.3, -0.25) is 4.79 Å². The average molecular weight is 141 g/mol. The zero-order valence-electron chi connectivity index (χ0n) is 5.50. The van der Waals surface area contributed by atoms with Gasteiger partial charge in [-0.25, -0.2) is 4.79 Å². The maximum absolute atomic E-state index is 10.7. The van der Waals surface area contributed by atoms with Crippen LogP contribution in [0.15, 0.2) is 11.8 Å². The highest BCUT2D eigenvalue weighted by Gasteiger charge is 2.22. The zero-order valence-corrected chi connectivity index (χ0v) is 5.50. The van der Waals surface area contributed by atoms with Crippen molar-refractivity contribution in [1.82, 2.24) is 4.90 Å². The van der Waals surface area contributed by atoms with Crippen LogP contribution < -0.4 is 0 Å². The second-order valence-electron chi connectivity index (χ2n) is 2.14. The summed E-state index contributed by atoms with van der Waals surface area (Å²) in [4.78, 5) is 22.2. The molecule has 0 fully saturated rings. The molecule has 0 aromatic carbocycles. The van der Waals surface area contributed by atoms with Crippen LogP contribution >= 0.6 is 0 Å². The summed E-state index contributed by atoms with van der Waals surface area (Å²) in [6, 6.07) is 0. The zero-order chi connectivity index (χ0) is 7.72. The number of amides is 1. The lowest BCUT2D eigenvalue weighted by atomic mass is 10.2. The summed E-state index contributed by atoms with van der Waals surface area (Å²) < 4.78 is 0. The monoisotopic (exact) mass is 141 g/mol. The molecule has 54 valence electrons. The Kier molecular flexibility index (Phi) is 1.45. The number of carbonyl (C=O) groups is 2. The molecule has 10 heavy (non-hydrogen) atoms. The van der Waals surface area contributed by atoms with E-state index in [-0.39, 0.29) is 17.9 Å². The van der Waals surface area contributed by atoms with Gasteiger partial charge in [0, 0.05) is 13.2 Å². The SMILES string of the molecule is CN1C=C(C(=O)O)CC1=O. The van der Waals surface area contributed by atoms with Crippen molar-refractivity contribution in [3.63, 3.8) is 0 Å². The number of carboxylic acid groups (broad SMARTS) is 1. The lowest BCUT2D eigenvalue weighted by molar-refractivity contribution is -0.133. The summed E-state index contributed by atoms with van der Waals surface area (Å²) in [5, 5.41) is 8.40. The van der Waals surface area contributed by atoms with Crippen LogP contribution in [0.4, 0.5) is 0 Å². The van der Waals surface area contributed by atoms with E-state index in [9.17, 15) is 9.59 Å². The van der Waals surface area contributed by atoms with Gasteiger partial charge in [0.1, 0.15) is 0 Å². The second-order valence-corrected chi connectivity index (χ2v) is 2.14. The largest absolute Gasteiger partial charge is 0.478 e. The van der Waals surface area contributed by atoms with Crippen molar-refractivity contribution in [3.8, 4) is 0 Å². The molecule has 0 radical (unpaired) electrons. The Balaban J connectivity index is 2.77. The minimum atomic E-state index is -1.02. The predicted octanol–water partition coefficient (Wildman–Crippen LogP) is -0.183. The summed E-state index contributed by atoms with van der Waals surface area (Å²) >= 11 is 0. The first-order chi connectivity index (χ1) is 4.61. The van der Waals surface area contributed by atoms with E-state index in [0.29, 0.717) is 0 Å². The minimum absolute atomic E-state index is 0.0197. The maximum Gasteiger partial charge on any atom is 0.333 e. The van der Waals surface area contributed by atoms with E-state index in [4.69, 9.17) is 5.11 Å². The van der Waals surface area contributed by atoms with Gasteiger partial charge in [0.05, 0.1) is 12.0 Å². The van der Waals surface area contributed by atoms with Gasteiger partial charge in [-0.1, -0.05) is 0 Å². The smallest absolute Gasteiger partial charge is 0.333 e. The standard InChI is InChI=1S/C6H7NO3/c1-7-3-4(6(9)10)2-5(7)8/h3H,2H2,1H3,(H,9,10). The van der Waals surface area contributed by atoms with Gasteiger partial charge in [0.2, 0.25) is 5.91 Å². The van der Waals surface area contributed by atoms with Crippen LogP contribution in [0.1, 0.15) is 6.42 Å². The lowest BCUT2D eigenvalue weighted by Crippen LogP contribution is -2.14. The fourth-order valence-corrected chi connectivity index (χ4v) is 0.770. The lowest BCUT2D eigenvalue weighted by Gasteiger charge is -2.00. The number of hydrogen-bond acceptors (Lipinski definition) is 2. The van der Waals surface area contributed by atoms with Crippen molar-refractivity contribution in [2.45, 2.75) is 6.42 Å². The van der Waals surface area contributed by atoms with Crippen molar-refractivity contribution >= 4 is 11.9 Å². The average Bonchev–Trinajstić information content (AvgIpc) is 2.13. The summed E-state index contributed by atoms with van der Waals surface area (Å²) in [5.41, 5.74) is 0.160. The van der Waals surface area contributed by atoms with Gasteiger partial charge < -0.3 is 10.0 Å². The Bertz CT molecular complexity index is 219. The molecular weight excluding hydrogens is 134 g/mol. The third-order valence-corrected chi connectivity index (χ3v) is 1.36. The van der Waals surface area contributed by atoms with Gasteiger partial charge in [0.25, 0.3) is 0 Å². The molecule has 1 rings (SSSR count). The van der Waals surface area contributed by atoms with Gasteiger partial charge in [-0.05, 0) is 0 Å². The molecule has 0 saturated carbocycles. The summed E-state index contributed by atoms with van der Waals surface area (Å²) in [6.07, 6.45) is 1.36. The van der Waals surface area contributed by atoms with Crippen LogP contribution in [-0.4, -0.2) is 28.9 Å². The van der Waals surface area contributed by atoms with Crippen molar-refractivity contribution in [1.29, 1.82) is 0 Å². The molecule has 0 bridgehead atoms. The van der Waals surface area contributed by atoms with Crippen LogP contribution in [0.5, 0.6) is 0 Å². The third-order valence-electron chi connectivity index (χ3n) is 1.36. The Hall–Kier alpha value is -1.32. The quantitative estimate of drug-likeness (QED) is 0.551. The van der Waals surface area contributed by atoms with E-state index >= 15 is 0 Å². The van der Waals surface area contributed by atoms with E-state index in [1.54, 1.807) is 0 Å². The molecule has 1 aliphatic rings. The van der Waals surface area contributed by atoms with Crippen LogP contribution in [0.3, 0.4) is 0 Å². The third kappa shape index (κ3) is 1.00. The first kappa shape index (κ1) is 6.80. The maximum atomic E-state index is 10.7. The normalized spacial score (nSPS) is 17.5.